The van der Waals surface area contributed by atoms with Gasteiger partial charge in [-0.3, -0.25) is 9.10 Å². The lowest BCUT2D eigenvalue weighted by Gasteiger charge is -2.23. The van der Waals surface area contributed by atoms with Crippen LogP contribution in [-0.2, 0) is 21.2 Å². The number of thiophene rings is 1. The van der Waals surface area contributed by atoms with Crippen molar-refractivity contribution in [2.24, 2.45) is 0 Å². The third-order valence-corrected chi connectivity index (χ3v) is 7.53. The van der Waals surface area contributed by atoms with Crippen LogP contribution in [0.15, 0.2) is 77.0 Å². The molecule has 1 amide bonds. The van der Waals surface area contributed by atoms with Crippen molar-refractivity contribution in [3.63, 3.8) is 0 Å². The number of hydrogen-bond acceptors (Lipinski definition) is 5. The molecule has 0 bridgehead atoms. The van der Waals surface area contributed by atoms with E-state index >= 15 is 0 Å². The van der Waals surface area contributed by atoms with Crippen LogP contribution in [0, 0.1) is 0 Å². The van der Waals surface area contributed by atoms with Crippen molar-refractivity contribution in [2.75, 3.05) is 17.4 Å². The Morgan fingerprint density at radius 2 is 1.77 bits per heavy atom. The number of ether oxygens (including phenoxy) is 1. The second-order valence-corrected chi connectivity index (χ2v) is 9.75. The van der Waals surface area contributed by atoms with Crippen LogP contribution >= 0.6 is 11.3 Å². The first-order valence-corrected chi connectivity index (χ1v) is 12.4. The van der Waals surface area contributed by atoms with E-state index in [1.807, 2.05) is 23.6 Å². The molecule has 0 radical (unpaired) electrons. The van der Waals surface area contributed by atoms with Gasteiger partial charge in [0.25, 0.3) is 15.9 Å². The molecule has 1 N–H and O–H groups in total. The summed E-state index contributed by atoms with van der Waals surface area (Å²) < 4.78 is 33.1. The van der Waals surface area contributed by atoms with Gasteiger partial charge in [0.2, 0.25) is 0 Å². The molecule has 3 aromatic rings. The number of anilines is 1. The molecule has 164 valence electrons. The minimum Gasteiger partial charge on any atom is -0.481 e. The summed E-state index contributed by atoms with van der Waals surface area (Å²) in [7, 11) is -3.70. The van der Waals surface area contributed by atoms with Crippen molar-refractivity contribution in [1.82, 2.24) is 5.32 Å². The van der Waals surface area contributed by atoms with Gasteiger partial charge < -0.3 is 10.1 Å². The van der Waals surface area contributed by atoms with E-state index in [9.17, 15) is 13.2 Å². The van der Waals surface area contributed by atoms with E-state index in [1.165, 1.54) is 21.3 Å². The lowest BCUT2D eigenvalue weighted by atomic mass is 10.3. The van der Waals surface area contributed by atoms with Gasteiger partial charge in [0, 0.05) is 18.0 Å². The molecule has 0 spiro atoms. The summed E-state index contributed by atoms with van der Waals surface area (Å²) in [6, 6.07) is 19.1. The van der Waals surface area contributed by atoms with E-state index in [4.69, 9.17) is 4.74 Å². The third kappa shape index (κ3) is 5.86. The first-order valence-electron chi connectivity index (χ1n) is 10.1. The Morgan fingerprint density at radius 1 is 1.06 bits per heavy atom. The zero-order valence-corrected chi connectivity index (χ0v) is 19.2. The van der Waals surface area contributed by atoms with Crippen molar-refractivity contribution in [3.8, 4) is 5.75 Å². The van der Waals surface area contributed by atoms with Crippen LogP contribution in [0.4, 0.5) is 5.69 Å². The lowest BCUT2D eigenvalue weighted by Crippen LogP contribution is -2.37. The largest absolute Gasteiger partial charge is 0.481 e. The Balaban J connectivity index is 1.60. The Hall–Kier alpha value is -2.84. The normalized spacial score (nSPS) is 12.2. The second kappa shape index (κ2) is 10.5. The van der Waals surface area contributed by atoms with Crippen molar-refractivity contribution < 1.29 is 17.9 Å². The van der Waals surface area contributed by atoms with Gasteiger partial charge in [-0.2, -0.15) is 0 Å². The van der Waals surface area contributed by atoms with Crippen LogP contribution in [0.5, 0.6) is 5.75 Å². The SMILES string of the molecule is CCN(c1ccccc1)S(=O)(=O)c1ccc(O[C@@H](C)C(=O)NCCc2cccs2)cc1. The van der Waals surface area contributed by atoms with Gasteiger partial charge in [0.1, 0.15) is 5.75 Å². The average molecular weight is 459 g/mol. The van der Waals surface area contributed by atoms with E-state index in [0.29, 0.717) is 24.5 Å². The first-order chi connectivity index (χ1) is 14.9. The van der Waals surface area contributed by atoms with E-state index in [1.54, 1.807) is 61.6 Å². The Morgan fingerprint density at radius 3 is 2.39 bits per heavy atom. The van der Waals surface area contributed by atoms with E-state index in [2.05, 4.69) is 5.32 Å². The maximum atomic E-state index is 13.0. The molecule has 1 aromatic heterocycles. The fraction of sp³-hybridized carbons (Fsp3) is 0.261. The van der Waals surface area contributed by atoms with Crippen molar-refractivity contribution >= 4 is 33.0 Å². The lowest BCUT2D eigenvalue weighted by molar-refractivity contribution is -0.127. The maximum Gasteiger partial charge on any atom is 0.264 e. The molecule has 2 aromatic carbocycles. The van der Waals surface area contributed by atoms with E-state index in [-0.39, 0.29) is 10.8 Å². The standard InChI is InChI=1S/C23H26N2O4S2/c1-3-25(19-8-5-4-6-9-19)31(27,28)22-13-11-20(12-14-22)29-18(2)23(26)24-16-15-21-10-7-17-30-21/h4-14,17-18H,3,15-16H2,1-2H3,(H,24,26)/t18-/m0/s1. The molecular weight excluding hydrogens is 432 g/mol. The highest BCUT2D eigenvalue weighted by Crippen LogP contribution is 2.25. The summed E-state index contributed by atoms with van der Waals surface area (Å²) in [6.07, 6.45) is 0.0835. The number of hydrogen-bond donors (Lipinski definition) is 1. The summed E-state index contributed by atoms with van der Waals surface area (Å²) in [6.45, 7) is 4.31. The monoisotopic (exact) mass is 458 g/mol. The first kappa shape index (κ1) is 22.8. The van der Waals surface area contributed by atoms with Crippen molar-refractivity contribution in [2.45, 2.75) is 31.3 Å². The quantitative estimate of drug-likeness (QED) is 0.497. The van der Waals surface area contributed by atoms with Gasteiger partial charge in [0.15, 0.2) is 6.10 Å². The average Bonchev–Trinajstić information content (AvgIpc) is 3.28. The molecule has 1 heterocycles. The number of amides is 1. The zero-order valence-electron chi connectivity index (χ0n) is 17.5. The maximum absolute atomic E-state index is 13.0. The number of para-hydroxylation sites is 1. The molecule has 0 saturated heterocycles. The summed E-state index contributed by atoms with van der Waals surface area (Å²) >= 11 is 1.66. The number of sulfonamides is 1. The van der Waals surface area contributed by atoms with Gasteiger partial charge in [-0.05, 0) is 68.1 Å². The van der Waals surface area contributed by atoms with Crippen LogP contribution in [0.3, 0.4) is 0 Å². The number of nitrogens with one attached hydrogen (secondary N) is 1. The van der Waals surface area contributed by atoms with E-state index in [0.717, 1.165) is 6.42 Å². The van der Waals surface area contributed by atoms with Crippen LogP contribution in [0.2, 0.25) is 0 Å². The summed E-state index contributed by atoms with van der Waals surface area (Å²) in [5.41, 5.74) is 0.609. The molecule has 3 rings (SSSR count). The van der Waals surface area contributed by atoms with Crippen molar-refractivity contribution in [3.05, 3.63) is 77.0 Å². The summed E-state index contributed by atoms with van der Waals surface area (Å²) in [5.74, 6) is 0.220. The van der Waals surface area contributed by atoms with Gasteiger partial charge >= 0.3 is 0 Å². The molecule has 31 heavy (non-hydrogen) atoms. The number of carbonyl (C=O) groups excluding carboxylic acids is 1. The van der Waals surface area contributed by atoms with Crippen LogP contribution in [0.1, 0.15) is 18.7 Å². The van der Waals surface area contributed by atoms with Gasteiger partial charge in [-0.25, -0.2) is 8.42 Å². The van der Waals surface area contributed by atoms with E-state index < -0.39 is 16.1 Å². The Bertz CT molecular complexity index is 1070. The molecule has 0 aliphatic rings. The molecule has 0 fully saturated rings. The second-order valence-electron chi connectivity index (χ2n) is 6.86. The van der Waals surface area contributed by atoms with Crippen LogP contribution in [-0.4, -0.2) is 33.5 Å². The fourth-order valence-electron chi connectivity index (χ4n) is 3.07. The summed E-state index contributed by atoms with van der Waals surface area (Å²) in [4.78, 5) is 13.6. The minimum atomic E-state index is -3.70. The van der Waals surface area contributed by atoms with Gasteiger partial charge in [0.05, 0.1) is 10.6 Å². The minimum absolute atomic E-state index is 0.165. The predicted octanol–water partition coefficient (Wildman–Crippen LogP) is 4.09. The highest BCUT2D eigenvalue weighted by atomic mass is 32.2. The molecule has 0 aliphatic heterocycles. The molecule has 1 atom stereocenters. The zero-order chi connectivity index (χ0) is 22.3. The predicted molar refractivity (Wildman–Crippen MR) is 124 cm³/mol. The van der Waals surface area contributed by atoms with Crippen LogP contribution in [0.25, 0.3) is 0 Å². The number of nitrogens with zero attached hydrogens (tertiary/aromatic N) is 1. The van der Waals surface area contributed by atoms with Crippen molar-refractivity contribution in [1.29, 1.82) is 0 Å². The summed E-state index contributed by atoms with van der Waals surface area (Å²) in [5, 5.41) is 4.86. The fourth-order valence-corrected chi connectivity index (χ4v) is 5.25. The highest BCUT2D eigenvalue weighted by Gasteiger charge is 2.23. The molecule has 0 unspecified atom stereocenters. The van der Waals surface area contributed by atoms with Gasteiger partial charge in [-0.1, -0.05) is 24.3 Å². The number of rotatable bonds is 10. The highest BCUT2D eigenvalue weighted by molar-refractivity contribution is 7.92. The van der Waals surface area contributed by atoms with Gasteiger partial charge in [-0.15, -0.1) is 11.3 Å². The molecule has 8 heteroatoms. The molecular formula is C23H26N2O4S2. The molecule has 0 saturated carbocycles. The third-order valence-electron chi connectivity index (χ3n) is 4.68. The van der Waals surface area contributed by atoms with Crippen LogP contribution < -0.4 is 14.4 Å². The number of carbonyl (C=O) groups is 1. The molecule has 6 nitrogen and oxygen atoms in total. The Labute approximate surface area is 187 Å². The topological polar surface area (TPSA) is 75.7 Å². The Kier molecular flexibility index (Phi) is 7.70. The smallest absolute Gasteiger partial charge is 0.264 e. The molecule has 0 aliphatic carbocycles. The number of benzene rings is 2.